The average Bonchev–Trinajstić information content (AvgIpc) is 2.38. The Hall–Kier alpha value is -0.570. The highest BCUT2D eigenvalue weighted by molar-refractivity contribution is 5.75. The zero-order valence-corrected chi connectivity index (χ0v) is 11.2. The molecule has 0 aromatic rings. The monoisotopic (exact) mass is 241 g/mol. The minimum absolute atomic E-state index is 0.0381. The minimum Gasteiger partial charge on any atom is -0.465 e. The van der Waals surface area contributed by atoms with Gasteiger partial charge in [0, 0.05) is 0 Å². The molecule has 17 heavy (non-hydrogen) atoms. The molecule has 1 fully saturated rings. The predicted octanol–water partition coefficient (Wildman–Crippen LogP) is 3.03. The lowest BCUT2D eigenvalue weighted by Gasteiger charge is -2.21. The van der Waals surface area contributed by atoms with E-state index in [1.807, 2.05) is 0 Å². The molecule has 1 N–H and O–H groups in total. The molecule has 1 aliphatic heterocycles. The van der Waals surface area contributed by atoms with Crippen LogP contribution in [0.25, 0.3) is 0 Å². The molecule has 0 aromatic carbocycles. The van der Waals surface area contributed by atoms with Crippen LogP contribution >= 0.6 is 0 Å². The SMILES string of the molecule is CCCCCCCCOC(=O)C1CCCCN1. The summed E-state index contributed by atoms with van der Waals surface area (Å²) in [6.07, 6.45) is 10.7. The molecule has 0 amide bonds. The van der Waals surface area contributed by atoms with E-state index < -0.39 is 0 Å². The molecule has 1 atom stereocenters. The van der Waals surface area contributed by atoms with Crippen molar-refractivity contribution in [2.45, 2.75) is 70.8 Å². The zero-order chi connectivity index (χ0) is 12.3. The number of esters is 1. The summed E-state index contributed by atoms with van der Waals surface area (Å²) in [4.78, 5) is 11.6. The second kappa shape index (κ2) is 9.46. The van der Waals surface area contributed by atoms with E-state index in [0.29, 0.717) is 6.61 Å². The maximum Gasteiger partial charge on any atom is 0.323 e. The minimum atomic E-state index is -0.0433. The van der Waals surface area contributed by atoms with E-state index in [1.54, 1.807) is 0 Å². The van der Waals surface area contributed by atoms with E-state index >= 15 is 0 Å². The fourth-order valence-electron chi connectivity index (χ4n) is 2.21. The molecular weight excluding hydrogens is 214 g/mol. The van der Waals surface area contributed by atoms with Gasteiger partial charge in [0.25, 0.3) is 0 Å². The molecule has 1 aliphatic rings. The van der Waals surface area contributed by atoms with Gasteiger partial charge in [-0.25, -0.2) is 0 Å². The highest BCUT2D eigenvalue weighted by Crippen LogP contribution is 2.09. The Bertz CT molecular complexity index is 200. The molecule has 0 saturated carbocycles. The summed E-state index contributed by atoms with van der Waals surface area (Å²) >= 11 is 0. The first-order valence-electron chi connectivity index (χ1n) is 7.24. The molecule has 1 saturated heterocycles. The summed E-state index contributed by atoms with van der Waals surface area (Å²) in [7, 11) is 0. The first-order chi connectivity index (χ1) is 8.34. The van der Waals surface area contributed by atoms with Crippen molar-refractivity contribution in [3.8, 4) is 0 Å². The van der Waals surface area contributed by atoms with Crippen LogP contribution in [0, 0.1) is 0 Å². The molecule has 0 aromatic heterocycles. The van der Waals surface area contributed by atoms with E-state index in [4.69, 9.17) is 4.74 Å². The fraction of sp³-hybridized carbons (Fsp3) is 0.929. The van der Waals surface area contributed by atoms with Gasteiger partial charge in [0.1, 0.15) is 6.04 Å². The maximum atomic E-state index is 11.6. The van der Waals surface area contributed by atoms with Crippen molar-refractivity contribution >= 4 is 5.97 Å². The first-order valence-corrected chi connectivity index (χ1v) is 7.24. The number of rotatable bonds is 8. The Balaban J connectivity index is 1.92. The number of unbranched alkanes of at least 4 members (excludes halogenated alkanes) is 5. The third-order valence-electron chi connectivity index (χ3n) is 3.34. The van der Waals surface area contributed by atoms with Gasteiger partial charge >= 0.3 is 5.97 Å². The predicted molar refractivity (Wildman–Crippen MR) is 70.0 cm³/mol. The van der Waals surface area contributed by atoms with Crippen LogP contribution in [0.3, 0.4) is 0 Å². The van der Waals surface area contributed by atoms with Crippen LogP contribution in [-0.4, -0.2) is 25.2 Å². The summed E-state index contributed by atoms with van der Waals surface area (Å²) < 4.78 is 5.29. The van der Waals surface area contributed by atoms with Gasteiger partial charge in [-0.15, -0.1) is 0 Å². The van der Waals surface area contributed by atoms with E-state index in [0.717, 1.165) is 25.8 Å². The van der Waals surface area contributed by atoms with Crippen molar-refractivity contribution in [2.24, 2.45) is 0 Å². The Morgan fingerprint density at radius 3 is 2.65 bits per heavy atom. The number of hydrogen-bond acceptors (Lipinski definition) is 3. The molecule has 0 bridgehead atoms. The van der Waals surface area contributed by atoms with Crippen molar-refractivity contribution < 1.29 is 9.53 Å². The van der Waals surface area contributed by atoms with Gasteiger partial charge < -0.3 is 10.1 Å². The summed E-state index contributed by atoms with van der Waals surface area (Å²) in [5.41, 5.74) is 0. The molecule has 0 radical (unpaired) electrons. The second-order valence-corrected chi connectivity index (χ2v) is 4.94. The Morgan fingerprint density at radius 1 is 1.18 bits per heavy atom. The fourth-order valence-corrected chi connectivity index (χ4v) is 2.21. The zero-order valence-electron chi connectivity index (χ0n) is 11.2. The molecule has 3 nitrogen and oxygen atoms in total. The lowest BCUT2D eigenvalue weighted by molar-refractivity contribution is -0.146. The summed E-state index contributed by atoms with van der Waals surface area (Å²) in [5.74, 6) is -0.0433. The van der Waals surface area contributed by atoms with Crippen molar-refractivity contribution in [1.29, 1.82) is 0 Å². The summed E-state index contributed by atoms with van der Waals surface area (Å²) in [6, 6.07) is -0.0381. The Kier molecular flexibility index (Phi) is 8.06. The third kappa shape index (κ3) is 6.67. The summed E-state index contributed by atoms with van der Waals surface area (Å²) in [5, 5.41) is 3.21. The molecular formula is C14H27NO2. The van der Waals surface area contributed by atoms with E-state index in [2.05, 4.69) is 12.2 Å². The van der Waals surface area contributed by atoms with Crippen molar-refractivity contribution in [2.75, 3.05) is 13.2 Å². The molecule has 1 rings (SSSR count). The van der Waals surface area contributed by atoms with Gasteiger partial charge in [-0.2, -0.15) is 0 Å². The van der Waals surface area contributed by atoms with Crippen LogP contribution in [-0.2, 0) is 9.53 Å². The number of carbonyl (C=O) groups is 1. The lowest BCUT2D eigenvalue weighted by Crippen LogP contribution is -2.41. The van der Waals surface area contributed by atoms with Crippen LogP contribution in [0.1, 0.15) is 64.7 Å². The molecule has 3 heteroatoms. The van der Waals surface area contributed by atoms with Crippen LogP contribution in [0.4, 0.5) is 0 Å². The van der Waals surface area contributed by atoms with Crippen LogP contribution in [0.2, 0.25) is 0 Å². The normalized spacial score (nSPS) is 20.2. The molecule has 0 aliphatic carbocycles. The van der Waals surface area contributed by atoms with Gasteiger partial charge in [0.2, 0.25) is 0 Å². The molecule has 100 valence electrons. The first kappa shape index (κ1) is 14.5. The topological polar surface area (TPSA) is 38.3 Å². The number of carbonyl (C=O) groups excluding carboxylic acids is 1. The van der Waals surface area contributed by atoms with E-state index in [-0.39, 0.29) is 12.0 Å². The van der Waals surface area contributed by atoms with Gasteiger partial charge in [-0.05, 0) is 25.8 Å². The molecule has 1 unspecified atom stereocenters. The number of piperidine rings is 1. The second-order valence-electron chi connectivity index (χ2n) is 4.94. The number of ether oxygens (including phenoxy) is 1. The number of hydrogen-bond donors (Lipinski definition) is 1. The standard InChI is InChI=1S/C14H27NO2/c1-2-3-4-5-6-9-12-17-14(16)13-10-7-8-11-15-13/h13,15H,2-12H2,1H3. The van der Waals surface area contributed by atoms with Gasteiger partial charge in [0.15, 0.2) is 0 Å². The Morgan fingerprint density at radius 2 is 1.94 bits per heavy atom. The van der Waals surface area contributed by atoms with Crippen LogP contribution in [0.5, 0.6) is 0 Å². The maximum absolute atomic E-state index is 11.6. The van der Waals surface area contributed by atoms with E-state index in [1.165, 1.54) is 38.5 Å². The largest absolute Gasteiger partial charge is 0.465 e. The third-order valence-corrected chi connectivity index (χ3v) is 3.34. The van der Waals surface area contributed by atoms with Gasteiger partial charge in [-0.1, -0.05) is 45.4 Å². The quantitative estimate of drug-likeness (QED) is 0.524. The molecule has 0 spiro atoms. The average molecular weight is 241 g/mol. The van der Waals surface area contributed by atoms with Gasteiger partial charge in [-0.3, -0.25) is 4.79 Å². The highest BCUT2D eigenvalue weighted by Gasteiger charge is 2.21. The highest BCUT2D eigenvalue weighted by atomic mass is 16.5. The van der Waals surface area contributed by atoms with Crippen molar-refractivity contribution in [3.63, 3.8) is 0 Å². The molecule has 1 heterocycles. The van der Waals surface area contributed by atoms with E-state index in [9.17, 15) is 4.79 Å². The van der Waals surface area contributed by atoms with Crippen LogP contribution < -0.4 is 5.32 Å². The smallest absolute Gasteiger partial charge is 0.323 e. The lowest BCUT2D eigenvalue weighted by atomic mass is 10.1. The van der Waals surface area contributed by atoms with Crippen LogP contribution in [0.15, 0.2) is 0 Å². The summed E-state index contributed by atoms with van der Waals surface area (Å²) in [6.45, 7) is 3.78. The van der Waals surface area contributed by atoms with Gasteiger partial charge in [0.05, 0.1) is 6.61 Å². The number of nitrogens with one attached hydrogen (secondary N) is 1. The van der Waals surface area contributed by atoms with Crippen molar-refractivity contribution in [1.82, 2.24) is 5.32 Å². The Labute approximate surface area is 105 Å². The van der Waals surface area contributed by atoms with Crippen molar-refractivity contribution in [3.05, 3.63) is 0 Å².